The maximum atomic E-state index is 11.7. The fourth-order valence-electron chi connectivity index (χ4n) is 2.07. The van der Waals surface area contributed by atoms with Crippen molar-refractivity contribution in [2.24, 2.45) is 5.41 Å². The predicted octanol–water partition coefficient (Wildman–Crippen LogP) is 1.57. The third-order valence-electron chi connectivity index (χ3n) is 3.52. The Morgan fingerprint density at radius 2 is 1.95 bits per heavy atom. The van der Waals surface area contributed by atoms with E-state index in [1.165, 1.54) is 0 Å². The number of aryl methyl sites for hydroxylation is 2. The van der Waals surface area contributed by atoms with E-state index in [1.807, 2.05) is 26.0 Å². The summed E-state index contributed by atoms with van der Waals surface area (Å²) in [4.78, 5) is 11.7. The van der Waals surface area contributed by atoms with Gasteiger partial charge in [0.2, 0.25) is 0 Å². The maximum absolute atomic E-state index is 11.7. The van der Waals surface area contributed by atoms with Crippen LogP contribution in [-0.2, 0) is 4.79 Å². The van der Waals surface area contributed by atoms with E-state index in [0.717, 1.165) is 29.7 Å². The van der Waals surface area contributed by atoms with Crippen molar-refractivity contribution in [1.82, 2.24) is 5.32 Å². The van der Waals surface area contributed by atoms with Gasteiger partial charge in [0.15, 0.2) is 6.61 Å². The number of aliphatic hydroxyl groups is 1. The van der Waals surface area contributed by atoms with Crippen molar-refractivity contribution in [2.75, 3.05) is 19.8 Å². The molecule has 0 bridgehead atoms. The Labute approximate surface area is 113 Å². The van der Waals surface area contributed by atoms with Crippen LogP contribution in [0.3, 0.4) is 0 Å². The topological polar surface area (TPSA) is 58.6 Å². The van der Waals surface area contributed by atoms with Crippen LogP contribution < -0.4 is 10.1 Å². The van der Waals surface area contributed by atoms with Crippen LogP contribution in [0.2, 0.25) is 0 Å². The summed E-state index contributed by atoms with van der Waals surface area (Å²) < 4.78 is 5.47. The fraction of sp³-hybridized carbons (Fsp3) is 0.533. The molecule has 0 heterocycles. The van der Waals surface area contributed by atoms with E-state index in [2.05, 4.69) is 11.4 Å². The van der Waals surface area contributed by atoms with E-state index in [4.69, 9.17) is 9.84 Å². The van der Waals surface area contributed by atoms with Gasteiger partial charge in [-0.1, -0.05) is 6.07 Å². The summed E-state index contributed by atoms with van der Waals surface area (Å²) in [5, 5.41) is 12.0. The van der Waals surface area contributed by atoms with Gasteiger partial charge in [-0.3, -0.25) is 4.79 Å². The summed E-state index contributed by atoms with van der Waals surface area (Å²) >= 11 is 0. The van der Waals surface area contributed by atoms with Crippen LogP contribution in [0.15, 0.2) is 18.2 Å². The van der Waals surface area contributed by atoms with E-state index in [0.29, 0.717) is 6.54 Å². The van der Waals surface area contributed by atoms with Gasteiger partial charge in [0.25, 0.3) is 5.91 Å². The molecule has 19 heavy (non-hydrogen) atoms. The highest BCUT2D eigenvalue weighted by Crippen LogP contribution is 2.44. The smallest absolute Gasteiger partial charge is 0.257 e. The quantitative estimate of drug-likeness (QED) is 0.819. The SMILES string of the molecule is Cc1cc(C)cc(OCC(=O)NCC2(CO)CC2)c1. The van der Waals surface area contributed by atoms with Gasteiger partial charge in [0, 0.05) is 12.0 Å². The lowest BCUT2D eigenvalue weighted by molar-refractivity contribution is -0.123. The van der Waals surface area contributed by atoms with Crippen molar-refractivity contribution in [3.05, 3.63) is 29.3 Å². The average molecular weight is 263 g/mol. The molecule has 2 rings (SSSR count). The second kappa shape index (κ2) is 5.61. The number of carbonyl (C=O) groups is 1. The molecular weight excluding hydrogens is 242 g/mol. The zero-order chi connectivity index (χ0) is 13.9. The molecule has 1 amide bonds. The van der Waals surface area contributed by atoms with Gasteiger partial charge >= 0.3 is 0 Å². The molecule has 0 atom stereocenters. The zero-order valence-electron chi connectivity index (χ0n) is 11.5. The van der Waals surface area contributed by atoms with Gasteiger partial charge in [-0.25, -0.2) is 0 Å². The minimum absolute atomic E-state index is 0.0183. The van der Waals surface area contributed by atoms with Crippen LogP contribution in [0.5, 0.6) is 5.75 Å². The monoisotopic (exact) mass is 263 g/mol. The molecule has 0 unspecified atom stereocenters. The molecule has 1 aromatic carbocycles. The summed E-state index contributed by atoms with van der Waals surface area (Å²) in [6, 6.07) is 5.89. The Morgan fingerprint density at radius 3 is 2.47 bits per heavy atom. The number of hydrogen-bond donors (Lipinski definition) is 2. The number of nitrogens with one attached hydrogen (secondary N) is 1. The number of aliphatic hydroxyl groups excluding tert-OH is 1. The summed E-state index contributed by atoms with van der Waals surface area (Å²) in [7, 11) is 0. The molecular formula is C15H21NO3. The molecule has 0 saturated heterocycles. The van der Waals surface area contributed by atoms with E-state index in [9.17, 15) is 4.79 Å². The van der Waals surface area contributed by atoms with Crippen molar-refractivity contribution in [1.29, 1.82) is 0 Å². The third-order valence-corrected chi connectivity index (χ3v) is 3.52. The van der Waals surface area contributed by atoms with E-state index in [1.54, 1.807) is 0 Å². The highest BCUT2D eigenvalue weighted by Gasteiger charge is 2.42. The van der Waals surface area contributed by atoms with Crippen molar-refractivity contribution >= 4 is 5.91 Å². The molecule has 0 aromatic heterocycles. The molecule has 0 spiro atoms. The minimum atomic E-state index is -0.140. The Balaban J connectivity index is 1.77. The summed E-state index contributed by atoms with van der Waals surface area (Å²) in [6.45, 7) is 4.70. The molecule has 1 fully saturated rings. The Kier molecular flexibility index (Phi) is 4.10. The second-order valence-corrected chi connectivity index (χ2v) is 5.55. The maximum Gasteiger partial charge on any atom is 0.257 e. The van der Waals surface area contributed by atoms with E-state index >= 15 is 0 Å². The lowest BCUT2D eigenvalue weighted by atomic mass is 10.1. The Morgan fingerprint density at radius 1 is 1.32 bits per heavy atom. The van der Waals surface area contributed by atoms with Crippen molar-refractivity contribution in [2.45, 2.75) is 26.7 Å². The molecule has 1 aromatic rings. The summed E-state index contributed by atoms with van der Waals surface area (Å²) in [5.74, 6) is 0.579. The lowest BCUT2D eigenvalue weighted by Gasteiger charge is -2.13. The first-order valence-corrected chi connectivity index (χ1v) is 6.62. The summed E-state index contributed by atoms with van der Waals surface area (Å²) in [5.41, 5.74) is 2.18. The van der Waals surface area contributed by atoms with Crippen LogP contribution in [-0.4, -0.2) is 30.8 Å². The van der Waals surface area contributed by atoms with Gasteiger partial charge in [-0.05, 0) is 49.9 Å². The van der Waals surface area contributed by atoms with Gasteiger partial charge in [-0.2, -0.15) is 0 Å². The molecule has 4 heteroatoms. The first kappa shape index (κ1) is 13.9. The fourth-order valence-corrected chi connectivity index (χ4v) is 2.07. The number of amides is 1. The van der Waals surface area contributed by atoms with Gasteiger partial charge in [0.05, 0.1) is 6.61 Å². The third kappa shape index (κ3) is 3.96. The van der Waals surface area contributed by atoms with Crippen LogP contribution >= 0.6 is 0 Å². The number of hydrogen-bond acceptors (Lipinski definition) is 3. The zero-order valence-corrected chi connectivity index (χ0v) is 11.5. The summed E-state index contributed by atoms with van der Waals surface area (Å²) in [6.07, 6.45) is 1.98. The first-order valence-electron chi connectivity index (χ1n) is 6.62. The van der Waals surface area contributed by atoms with Crippen LogP contribution in [0.4, 0.5) is 0 Å². The number of benzene rings is 1. The standard InChI is InChI=1S/C15H21NO3/c1-11-5-12(2)7-13(6-11)19-8-14(18)16-9-15(10-17)3-4-15/h5-7,17H,3-4,8-10H2,1-2H3,(H,16,18). The van der Waals surface area contributed by atoms with Crippen molar-refractivity contribution in [3.8, 4) is 5.75 Å². The first-order chi connectivity index (χ1) is 9.03. The predicted molar refractivity (Wildman–Crippen MR) is 73.2 cm³/mol. The number of ether oxygens (including phenoxy) is 1. The molecule has 104 valence electrons. The number of carbonyl (C=O) groups excluding carboxylic acids is 1. The average Bonchev–Trinajstić information content (AvgIpc) is 3.13. The van der Waals surface area contributed by atoms with Crippen LogP contribution in [0.25, 0.3) is 0 Å². The molecule has 4 nitrogen and oxygen atoms in total. The van der Waals surface area contributed by atoms with Crippen LogP contribution in [0.1, 0.15) is 24.0 Å². The van der Waals surface area contributed by atoms with Gasteiger partial charge < -0.3 is 15.2 Å². The van der Waals surface area contributed by atoms with Crippen molar-refractivity contribution < 1.29 is 14.6 Å². The Bertz CT molecular complexity index is 446. The van der Waals surface area contributed by atoms with Gasteiger partial charge in [0.1, 0.15) is 5.75 Å². The minimum Gasteiger partial charge on any atom is -0.484 e. The largest absolute Gasteiger partial charge is 0.484 e. The van der Waals surface area contributed by atoms with Crippen molar-refractivity contribution in [3.63, 3.8) is 0 Å². The van der Waals surface area contributed by atoms with Gasteiger partial charge in [-0.15, -0.1) is 0 Å². The highest BCUT2D eigenvalue weighted by atomic mass is 16.5. The molecule has 2 N–H and O–H groups in total. The second-order valence-electron chi connectivity index (χ2n) is 5.55. The lowest BCUT2D eigenvalue weighted by Crippen LogP contribution is -2.35. The van der Waals surface area contributed by atoms with E-state index in [-0.39, 0.29) is 24.5 Å². The van der Waals surface area contributed by atoms with E-state index < -0.39 is 0 Å². The highest BCUT2D eigenvalue weighted by molar-refractivity contribution is 5.77. The Hall–Kier alpha value is -1.55. The number of rotatable bonds is 6. The normalized spacial score (nSPS) is 15.9. The molecule has 0 radical (unpaired) electrons. The molecule has 0 aliphatic heterocycles. The van der Waals surface area contributed by atoms with Crippen LogP contribution in [0, 0.1) is 19.3 Å². The molecule has 1 aliphatic carbocycles. The molecule has 1 aliphatic rings. The molecule has 1 saturated carbocycles.